The largest absolute Gasteiger partial charge is 0.353 e. The number of carbonyl (C=O) groups excluding carboxylic acids is 1. The van der Waals surface area contributed by atoms with E-state index in [0.717, 1.165) is 51.4 Å². The van der Waals surface area contributed by atoms with Crippen molar-refractivity contribution in [3.63, 3.8) is 0 Å². The molecule has 1 amide bonds. The van der Waals surface area contributed by atoms with Gasteiger partial charge in [0.05, 0.1) is 4.70 Å². The van der Waals surface area contributed by atoms with Gasteiger partial charge in [0.2, 0.25) is 0 Å². The lowest BCUT2D eigenvalue weighted by atomic mass is 10.2. The maximum Gasteiger partial charge on any atom is 0.251 e. The van der Waals surface area contributed by atoms with E-state index < -0.39 is 0 Å². The van der Waals surface area contributed by atoms with Gasteiger partial charge >= 0.3 is 0 Å². The Labute approximate surface area is 169 Å². The molecule has 0 aliphatic carbocycles. The van der Waals surface area contributed by atoms with E-state index >= 15 is 0 Å². The van der Waals surface area contributed by atoms with Gasteiger partial charge in [0.1, 0.15) is 5.82 Å². The third-order valence-corrected chi connectivity index (χ3v) is 5.98. The molecule has 1 saturated heterocycles. The van der Waals surface area contributed by atoms with Crippen LogP contribution in [0.5, 0.6) is 0 Å². The predicted molar refractivity (Wildman–Crippen MR) is 114 cm³/mol. The number of nitrogens with one attached hydrogen (secondary N) is 1. The van der Waals surface area contributed by atoms with Crippen molar-refractivity contribution in [2.24, 2.45) is 0 Å². The molecule has 146 valence electrons. The summed E-state index contributed by atoms with van der Waals surface area (Å²) < 4.78 is 5.94. The first kappa shape index (κ1) is 18.8. The number of piperazine rings is 1. The molecule has 0 radical (unpaired) electrons. The van der Waals surface area contributed by atoms with Crippen molar-refractivity contribution in [3.8, 4) is 0 Å². The second kappa shape index (κ2) is 9.12. The molecular weight excluding hydrogens is 370 g/mol. The van der Waals surface area contributed by atoms with E-state index in [1.54, 1.807) is 36.1 Å². The van der Waals surface area contributed by atoms with Crippen LogP contribution in [0.1, 0.15) is 23.2 Å². The molecule has 0 unspecified atom stereocenters. The smallest absolute Gasteiger partial charge is 0.251 e. The van der Waals surface area contributed by atoms with Crippen molar-refractivity contribution >= 4 is 33.3 Å². The fourth-order valence-corrected chi connectivity index (χ4v) is 4.35. The minimum absolute atomic E-state index is 0.0218. The van der Waals surface area contributed by atoms with Crippen molar-refractivity contribution < 1.29 is 4.79 Å². The molecule has 3 heterocycles. The highest BCUT2D eigenvalue weighted by atomic mass is 32.1. The monoisotopic (exact) mass is 395 g/mol. The standard InChI is InChI=1S/C21H25N5OS/c27-21(17-7-10-22-11-8-17)23-9-3-4-12-25-13-15-26(16-14-25)20-18-5-1-2-6-19(18)28-24-20/h1-2,5-8,10-11H,3-4,9,12-16H2,(H,23,27). The van der Waals surface area contributed by atoms with Gasteiger partial charge in [0.15, 0.2) is 0 Å². The average Bonchev–Trinajstić information content (AvgIpc) is 3.19. The van der Waals surface area contributed by atoms with E-state index in [1.165, 1.54) is 10.1 Å². The normalized spacial score (nSPS) is 15.1. The molecule has 4 rings (SSSR count). The number of aromatic nitrogens is 2. The van der Waals surface area contributed by atoms with E-state index in [-0.39, 0.29) is 5.91 Å². The van der Waals surface area contributed by atoms with Crippen LogP contribution < -0.4 is 10.2 Å². The van der Waals surface area contributed by atoms with E-state index in [0.29, 0.717) is 12.1 Å². The zero-order valence-corrected chi connectivity index (χ0v) is 16.7. The molecule has 1 aliphatic rings. The highest BCUT2D eigenvalue weighted by Crippen LogP contribution is 2.29. The molecule has 1 aliphatic heterocycles. The Kier molecular flexibility index (Phi) is 6.14. The number of hydrogen-bond acceptors (Lipinski definition) is 6. The van der Waals surface area contributed by atoms with Crippen LogP contribution >= 0.6 is 11.5 Å². The van der Waals surface area contributed by atoms with Crippen LogP contribution in [-0.4, -0.2) is 59.4 Å². The van der Waals surface area contributed by atoms with Crippen LogP contribution in [0.3, 0.4) is 0 Å². The van der Waals surface area contributed by atoms with Crippen LogP contribution in [0.25, 0.3) is 10.1 Å². The summed E-state index contributed by atoms with van der Waals surface area (Å²) in [5.74, 6) is 1.12. The van der Waals surface area contributed by atoms with Gasteiger partial charge in [-0.2, -0.15) is 4.37 Å². The lowest BCUT2D eigenvalue weighted by Gasteiger charge is -2.35. The zero-order chi connectivity index (χ0) is 19.2. The van der Waals surface area contributed by atoms with E-state index in [2.05, 4.69) is 48.7 Å². The van der Waals surface area contributed by atoms with Crippen LogP contribution in [0.15, 0.2) is 48.8 Å². The molecule has 3 aromatic rings. The van der Waals surface area contributed by atoms with Gasteiger partial charge in [0.25, 0.3) is 5.91 Å². The highest BCUT2D eigenvalue weighted by molar-refractivity contribution is 7.13. The Morgan fingerprint density at radius 2 is 1.82 bits per heavy atom. The molecule has 1 fully saturated rings. The third kappa shape index (κ3) is 4.48. The van der Waals surface area contributed by atoms with Gasteiger partial charge in [-0.15, -0.1) is 0 Å². The molecule has 0 saturated carbocycles. The molecule has 0 bridgehead atoms. The number of unbranched alkanes of at least 4 members (excludes halogenated alkanes) is 1. The summed E-state index contributed by atoms with van der Waals surface area (Å²) in [6.45, 7) is 5.96. The summed E-state index contributed by atoms with van der Waals surface area (Å²) in [6.07, 6.45) is 5.37. The molecule has 1 aromatic carbocycles. The van der Waals surface area contributed by atoms with Crippen molar-refractivity contribution in [3.05, 3.63) is 54.4 Å². The summed E-state index contributed by atoms with van der Waals surface area (Å²) in [4.78, 5) is 20.8. The fourth-order valence-electron chi connectivity index (χ4n) is 3.55. The number of benzene rings is 1. The first-order valence-corrected chi connectivity index (χ1v) is 10.6. The summed E-state index contributed by atoms with van der Waals surface area (Å²) in [6, 6.07) is 11.9. The Morgan fingerprint density at radius 3 is 2.64 bits per heavy atom. The molecule has 28 heavy (non-hydrogen) atoms. The topological polar surface area (TPSA) is 61.4 Å². The van der Waals surface area contributed by atoms with Gasteiger partial charge in [0, 0.05) is 56.1 Å². The highest BCUT2D eigenvalue weighted by Gasteiger charge is 2.20. The lowest BCUT2D eigenvalue weighted by molar-refractivity contribution is 0.0952. The number of pyridine rings is 1. The summed E-state index contributed by atoms with van der Waals surface area (Å²) >= 11 is 1.59. The van der Waals surface area contributed by atoms with Crippen LogP contribution in [0, 0.1) is 0 Å². The Hall–Kier alpha value is -2.51. The molecule has 0 spiro atoms. The van der Waals surface area contributed by atoms with Crippen molar-refractivity contribution in [1.29, 1.82) is 0 Å². The average molecular weight is 396 g/mol. The molecular formula is C21H25N5OS. The van der Waals surface area contributed by atoms with Crippen LogP contribution in [-0.2, 0) is 0 Å². The zero-order valence-electron chi connectivity index (χ0n) is 15.9. The number of fused-ring (bicyclic) bond motifs is 1. The van der Waals surface area contributed by atoms with Crippen molar-refractivity contribution in [1.82, 2.24) is 19.6 Å². The first-order valence-electron chi connectivity index (χ1n) is 9.81. The quantitative estimate of drug-likeness (QED) is 0.623. The number of anilines is 1. The number of carbonyl (C=O) groups is 1. The third-order valence-electron chi connectivity index (χ3n) is 5.16. The molecule has 6 nitrogen and oxygen atoms in total. The summed E-state index contributed by atoms with van der Waals surface area (Å²) in [5.41, 5.74) is 0.667. The van der Waals surface area contributed by atoms with Gasteiger partial charge < -0.3 is 10.2 Å². The van der Waals surface area contributed by atoms with Crippen molar-refractivity contribution in [2.75, 3.05) is 44.2 Å². The van der Waals surface area contributed by atoms with Gasteiger partial charge in [-0.05, 0) is 55.2 Å². The minimum Gasteiger partial charge on any atom is -0.353 e. The number of amides is 1. The fraction of sp³-hybridized carbons (Fsp3) is 0.381. The minimum atomic E-state index is -0.0218. The first-order chi connectivity index (χ1) is 13.8. The SMILES string of the molecule is O=C(NCCCCN1CCN(c2nsc3ccccc23)CC1)c1ccncc1. The Bertz CT molecular complexity index is 905. The van der Waals surface area contributed by atoms with Crippen LogP contribution in [0.4, 0.5) is 5.82 Å². The molecule has 0 atom stereocenters. The van der Waals surface area contributed by atoms with E-state index in [9.17, 15) is 4.79 Å². The lowest BCUT2D eigenvalue weighted by Crippen LogP contribution is -2.46. The molecule has 2 aromatic heterocycles. The number of hydrogen-bond donors (Lipinski definition) is 1. The predicted octanol–water partition coefficient (Wildman–Crippen LogP) is 3.02. The van der Waals surface area contributed by atoms with E-state index in [1.807, 2.05) is 0 Å². The van der Waals surface area contributed by atoms with Gasteiger partial charge in [-0.1, -0.05) is 12.1 Å². The maximum atomic E-state index is 12.0. The summed E-state index contributed by atoms with van der Waals surface area (Å²) in [7, 11) is 0. The van der Waals surface area contributed by atoms with Crippen molar-refractivity contribution in [2.45, 2.75) is 12.8 Å². The Morgan fingerprint density at radius 1 is 1.04 bits per heavy atom. The van der Waals surface area contributed by atoms with E-state index in [4.69, 9.17) is 0 Å². The summed E-state index contributed by atoms with van der Waals surface area (Å²) in [5, 5.41) is 4.25. The Balaban J connectivity index is 1.16. The molecule has 7 heteroatoms. The second-order valence-electron chi connectivity index (χ2n) is 7.03. The second-order valence-corrected chi connectivity index (χ2v) is 7.83. The van der Waals surface area contributed by atoms with Crippen LogP contribution in [0.2, 0.25) is 0 Å². The maximum absolute atomic E-state index is 12.0. The van der Waals surface area contributed by atoms with Gasteiger partial charge in [-0.3, -0.25) is 14.7 Å². The number of rotatable bonds is 7. The number of nitrogens with zero attached hydrogens (tertiary/aromatic N) is 4. The van der Waals surface area contributed by atoms with Gasteiger partial charge in [-0.25, -0.2) is 0 Å². The molecule has 1 N–H and O–H groups in total.